The minimum atomic E-state index is -4.93. The molecule has 0 aromatic carbocycles. The second-order valence-corrected chi connectivity index (χ2v) is 30.8. The Bertz CT molecular complexity index is 2390. The summed E-state index contributed by atoms with van der Waals surface area (Å²) in [5, 5.41) is 20.7. The van der Waals surface area contributed by atoms with E-state index >= 15 is 0 Å². The number of unbranched alkanes of at least 4 members (excludes halogenated alkanes) is 36. The lowest BCUT2D eigenvalue weighted by molar-refractivity contribution is -0.161. The smallest absolute Gasteiger partial charge is 0.463 e. The van der Waals surface area contributed by atoms with Gasteiger partial charge in [-0.1, -0.05) is 322 Å². The number of hydrogen-bond donors (Lipinski definition) is 4. The molecule has 0 rings (SSSR count). The van der Waals surface area contributed by atoms with Gasteiger partial charge in [-0.15, -0.1) is 0 Å². The van der Waals surface area contributed by atoms with Crippen molar-refractivity contribution in [1.29, 1.82) is 0 Å². The number of aliphatic hydroxyl groups excluding tert-OH is 2. The van der Waals surface area contributed by atoms with Gasteiger partial charge in [0.1, 0.15) is 25.4 Å². The fourth-order valence-electron chi connectivity index (χ4n) is 11.3. The van der Waals surface area contributed by atoms with E-state index in [1.54, 1.807) is 0 Å². The molecule has 606 valence electrons. The van der Waals surface area contributed by atoms with Crippen LogP contribution in [-0.2, 0) is 55.8 Å². The van der Waals surface area contributed by atoms with Crippen LogP contribution in [0.25, 0.3) is 0 Å². The van der Waals surface area contributed by atoms with Crippen molar-refractivity contribution in [2.75, 3.05) is 39.6 Å². The second kappa shape index (κ2) is 79.5. The second-order valence-electron chi connectivity index (χ2n) is 27.9. The summed E-state index contributed by atoms with van der Waals surface area (Å²) < 4.78 is 61.2. The molecule has 0 aliphatic rings. The summed E-state index contributed by atoms with van der Waals surface area (Å²) in [5.41, 5.74) is 0. The number of hydrogen-bond acceptors (Lipinski definition) is 14. The number of carbonyl (C=O) groups is 3. The van der Waals surface area contributed by atoms with Gasteiger partial charge in [0.05, 0.1) is 26.4 Å². The van der Waals surface area contributed by atoms with Gasteiger partial charge in [0.25, 0.3) is 0 Å². The highest BCUT2D eigenvalue weighted by molar-refractivity contribution is 7.47. The largest absolute Gasteiger partial charge is 0.472 e. The van der Waals surface area contributed by atoms with Gasteiger partial charge >= 0.3 is 33.6 Å². The number of carbonyl (C=O) groups excluding carboxylic acids is 3. The molecule has 16 nitrogen and oxygen atoms in total. The number of phosphoric ester groups is 2. The molecule has 0 saturated heterocycles. The van der Waals surface area contributed by atoms with Gasteiger partial charge in [0.2, 0.25) is 0 Å². The van der Waals surface area contributed by atoms with E-state index in [9.17, 15) is 43.5 Å². The lowest BCUT2D eigenvalue weighted by Crippen LogP contribution is -2.30. The van der Waals surface area contributed by atoms with Gasteiger partial charge in [-0.2, -0.15) is 0 Å². The Labute approximate surface area is 640 Å². The molecule has 5 unspecified atom stereocenters. The van der Waals surface area contributed by atoms with Crippen molar-refractivity contribution < 1.29 is 75.8 Å². The Morgan fingerprint density at radius 2 is 0.505 bits per heavy atom. The van der Waals surface area contributed by atoms with Crippen LogP contribution in [0.4, 0.5) is 0 Å². The fourth-order valence-corrected chi connectivity index (χ4v) is 12.9. The molecule has 4 N–H and O–H groups in total. The molecule has 0 aliphatic carbocycles. The number of ether oxygens (including phenoxy) is 3. The Morgan fingerprint density at radius 3 is 0.829 bits per heavy atom. The number of esters is 3. The van der Waals surface area contributed by atoms with Crippen molar-refractivity contribution in [3.63, 3.8) is 0 Å². The maximum absolute atomic E-state index is 13.0. The Balaban J connectivity index is 4.48. The van der Waals surface area contributed by atoms with Gasteiger partial charge in [-0.3, -0.25) is 32.5 Å². The molecule has 0 saturated carbocycles. The van der Waals surface area contributed by atoms with Crippen LogP contribution >= 0.6 is 15.6 Å². The number of aliphatic hydroxyl groups is 2. The first kappa shape index (κ1) is 101. The summed E-state index contributed by atoms with van der Waals surface area (Å²) in [4.78, 5) is 58.7. The minimum absolute atomic E-state index is 0.0933. The standard InChI is InChI=1S/C87H152O16P2/c1-4-7-10-13-16-19-22-25-27-29-31-33-35-37-39-40-42-44-45-47-49-51-53-56-58-61-64-67-70-73-85(90)97-76-82(88)77-99-104(93,94)100-78-83(89)79-101-105(95,96)102-81-84(103-87(92)75-72-69-66-63-60-55-24-21-18-15-12-9-6-3)80-98-86(91)74-71-68-65-62-59-57-54-52-50-48-46-43-41-38-36-34-32-30-28-26-23-20-17-14-11-8-5-2/h8,11,16-17,19-21,24-28,31-34,37-39,41,82-84,88-89H,4-7,9-10,12-15,18,22-23,29-30,35-36,40,42-81H2,1-3H3,(H,93,94)(H,95,96)/b11-8-,19-16-,20-17-,24-21-,27-25-,28-26-,33-31-,34-32-,39-37-,41-38-. The molecule has 5 atom stereocenters. The molecule has 0 spiro atoms. The van der Waals surface area contributed by atoms with Crippen LogP contribution in [0.3, 0.4) is 0 Å². The van der Waals surface area contributed by atoms with Crippen LogP contribution in [0.5, 0.6) is 0 Å². The van der Waals surface area contributed by atoms with Crippen LogP contribution in [0.2, 0.25) is 0 Å². The summed E-state index contributed by atoms with van der Waals surface area (Å²) in [6.07, 6.45) is 95.4. The van der Waals surface area contributed by atoms with E-state index in [1.807, 2.05) is 0 Å². The third-order valence-corrected chi connectivity index (χ3v) is 19.5. The van der Waals surface area contributed by atoms with Crippen molar-refractivity contribution in [2.24, 2.45) is 0 Å². The highest BCUT2D eigenvalue weighted by Gasteiger charge is 2.29. The first-order chi connectivity index (χ1) is 51.2. The zero-order valence-corrected chi connectivity index (χ0v) is 68.2. The Kier molecular flexibility index (Phi) is 76.4. The van der Waals surface area contributed by atoms with E-state index in [0.717, 1.165) is 148 Å². The van der Waals surface area contributed by atoms with E-state index < -0.39 is 91.5 Å². The molecular formula is C87H152O16P2. The average molecular weight is 1520 g/mol. The highest BCUT2D eigenvalue weighted by atomic mass is 31.2. The monoisotopic (exact) mass is 1520 g/mol. The summed E-state index contributed by atoms with van der Waals surface area (Å²) in [7, 11) is -9.79. The molecule has 105 heavy (non-hydrogen) atoms. The Morgan fingerprint density at radius 1 is 0.276 bits per heavy atom. The van der Waals surface area contributed by atoms with Crippen molar-refractivity contribution in [2.45, 2.75) is 373 Å². The third-order valence-electron chi connectivity index (χ3n) is 17.6. The normalized spacial score (nSPS) is 14.5. The van der Waals surface area contributed by atoms with Crippen molar-refractivity contribution >= 4 is 33.6 Å². The maximum atomic E-state index is 13.0. The summed E-state index contributed by atoms with van der Waals surface area (Å²) in [6, 6.07) is 0. The lowest BCUT2D eigenvalue weighted by atomic mass is 10.0. The summed E-state index contributed by atoms with van der Waals surface area (Å²) >= 11 is 0. The molecule has 0 fully saturated rings. The highest BCUT2D eigenvalue weighted by Crippen LogP contribution is 2.45. The summed E-state index contributed by atoms with van der Waals surface area (Å²) in [5.74, 6) is -1.58. The Hall–Kier alpha value is -4.05. The topological polar surface area (TPSA) is 231 Å². The number of phosphoric acid groups is 2. The molecule has 0 aliphatic heterocycles. The molecule has 18 heteroatoms. The fraction of sp³-hybridized carbons (Fsp3) is 0.736. The van der Waals surface area contributed by atoms with Crippen LogP contribution < -0.4 is 0 Å². The van der Waals surface area contributed by atoms with E-state index in [0.29, 0.717) is 19.3 Å². The van der Waals surface area contributed by atoms with Crippen LogP contribution in [0, 0.1) is 0 Å². The van der Waals surface area contributed by atoms with Gasteiger partial charge in [-0.25, -0.2) is 9.13 Å². The van der Waals surface area contributed by atoms with Crippen molar-refractivity contribution in [3.05, 3.63) is 122 Å². The average Bonchev–Trinajstić information content (AvgIpc) is 0.913. The maximum Gasteiger partial charge on any atom is 0.472 e. The third kappa shape index (κ3) is 80.8. The molecule has 0 bridgehead atoms. The predicted molar refractivity (Wildman–Crippen MR) is 436 cm³/mol. The van der Waals surface area contributed by atoms with Gasteiger partial charge in [0.15, 0.2) is 6.10 Å². The van der Waals surface area contributed by atoms with Gasteiger partial charge < -0.3 is 34.2 Å². The molecule has 0 radical (unpaired) electrons. The van der Waals surface area contributed by atoms with Crippen LogP contribution in [0.15, 0.2) is 122 Å². The lowest BCUT2D eigenvalue weighted by Gasteiger charge is -2.21. The quantitative estimate of drug-likeness (QED) is 0.0146. The predicted octanol–water partition coefficient (Wildman–Crippen LogP) is 24.9. The van der Waals surface area contributed by atoms with Gasteiger partial charge in [-0.05, 0) is 135 Å². The molecule has 0 heterocycles. The number of allylic oxidation sites excluding steroid dienone is 20. The molecular weight excluding hydrogens is 1360 g/mol. The van der Waals surface area contributed by atoms with E-state index in [-0.39, 0.29) is 19.3 Å². The van der Waals surface area contributed by atoms with E-state index in [1.165, 1.54) is 148 Å². The van der Waals surface area contributed by atoms with Gasteiger partial charge in [0, 0.05) is 19.3 Å². The number of rotatable bonds is 79. The van der Waals surface area contributed by atoms with Crippen LogP contribution in [-0.4, -0.2) is 95.9 Å². The molecule has 0 aromatic heterocycles. The first-order valence-corrected chi connectivity index (χ1v) is 44.8. The first-order valence-electron chi connectivity index (χ1n) is 41.8. The molecule has 0 amide bonds. The molecule has 0 aromatic rings. The zero-order valence-electron chi connectivity index (χ0n) is 66.4. The van der Waals surface area contributed by atoms with E-state index in [2.05, 4.69) is 142 Å². The van der Waals surface area contributed by atoms with Crippen molar-refractivity contribution in [1.82, 2.24) is 0 Å². The SMILES string of the molecule is CC/C=C\C/C=C\C/C=C\C/C=C\C/C=C\CCCCCCCCCCCCCC(=O)OCC(COP(=O)(O)OCC(O)COP(=O)(O)OCC(O)COC(=O)CCCCCCCCCCCCCCC/C=C\C/C=C\C/C=C\C/C=C\CCCCC)OC(=O)CCCCCCC/C=C\CCCCCC. The van der Waals surface area contributed by atoms with Crippen molar-refractivity contribution in [3.8, 4) is 0 Å². The summed E-state index contributed by atoms with van der Waals surface area (Å²) in [6.45, 7) is 2.54. The minimum Gasteiger partial charge on any atom is -0.463 e. The van der Waals surface area contributed by atoms with Crippen LogP contribution in [0.1, 0.15) is 355 Å². The zero-order chi connectivity index (χ0) is 76.6. The van der Waals surface area contributed by atoms with E-state index in [4.69, 9.17) is 32.3 Å².